The van der Waals surface area contributed by atoms with E-state index < -0.39 is 12.1 Å². The largest absolute Gasteiger partial charge is 0.413 e. The summed E-state index contributed by atoms with van der Waals surface area (Å²) < 4.78 is 21.9. The van der Waals surface area contributed by atoms with Gasteiger partial charge in [-0.3, -0.25) is 9.97 Å². The quantitative estimate of drug-likeness (QED) is 0.449. The first-order chi connectivity index (χ1) is 16.3. The zero-order valence-electron chi connectivity index (χ0n) is 19.2. The zero-order chi connectivity index (χ0) is 24.2. The van der Waals surface area contributed by atoms with Crippen LogP contribution < -0.4 is 10.1 Å². The Bertz CT molecular complexity index is 1310. The van der Waals surface area contributed by atoms with Gasteiger partial charge in [-0.2, -0.15) is 4.68 Å². The predicted molar refractivity (Wildman–Crippen MR) is 123 cm³/mol. The highest BCUT2D eigenvalue weighted by Gasteiger charge is 2.18. The number of halogens is 1. The molecule has 0 fully saturated rings. The Morgan fingerprint density at radius 2 is 1.94 bits per heavy atom. The van der Waals surface area contributed by atoms with Crippen molar-refractivity contribution in [2.75, 3.05) is 0 Å². The van der Waals surface area contributed by atoms with Gasteiger partial charge in [-0.15, -0.1) is 5.10 Å². The SMILES string of the molecule is Cc1ccc(-c2cc(OC(=O)N[C@@H](C)c3cnccn3)cc(-n3nnnc3C(C)C)c2)c(F)c1. The van der Waals surface area contributed by atoms with Crippen LogP contribution in [0.5, 0.6) is 5.75 Å². The lowest BCUT2D eigenvalue weighted by Crippen LogP contribution is -2.30. The minimum Gasteiger partial charge on any atom is -0.410 e. The lowest BCUT2D eigenvalue weighted by atomic mass is 10.0. The fourth-order valence-corrected chi connectivity index (χ4v) is 3.43. The molecule has 0 saturated heterocycles. The van der Waals surface area contributed by atoms with Gasteiger partial charge >= 0.3 is 6.09 Å². The minimum atomic E-state index is -0.688. The Balaban J connectivity index is 1.70. The smallest absolute Gasteiger partial charge is 0.410 e. The lowest BCUT2D eigenvalue weighted by Gasteiger charge is -2.15. The molecule has 0 bridgehead atoms. The highest BCUT2D eigenvalue weighted by atomic mass is 19.1. The molecule has 0 saturated carbocycles. The molecule has 0 aliphatic heterocycles. The molecule has 10 heteroatoms. The Kier molecular flexibility index (Phi) is 6.58. The third kappa shape index (κ3) is 5.06. The van der Waals surface area contributed by atoms with Crippen molar-refractivity contribution in [2.45, 2.75) is 39.7 Å². The molecule has 1 amide bonds. The highest BCUT2D eigenvalue weighted by molar-refractivity contribution is 5.74. The van der Waals surface area contributed by atoms with Gasteiger partial charge in [0.05, 0.1) is 23.6 Å². The number of carbonyl (C=O) groups excluding carboxylic acids is 1. The van der Waals surface area contributed by atoms with Crippen LogP contribution in [0.1, 0.15) is 49.8 Å². The van der Waals surface area contributed by atoms with E-state index in [1.165, 1.54) is 6.07 Å². The average molecular weight is 462 g/mol. The van der Waals surface area contributed by atoms with Crippen LogP contribution in [-0.4, -0.2) is 36.3 Å². The van der Waals surface area contributed by atoms with E-state index >= 15 is 0 Å². The zero-order valence-corrected chi connectivity index (χ0v) is 19.2. The van der Waals surface area contributed by atoms with Crippen molar-refractivity contribution in [2.24, 2.45) is 0 Å². The Morgan fingerprint density at radius 3 is 2.65 bits per heavy atom. The molecule has 0 radical (unpaired) electrons. The van der Waals surface area contributed by atoms with Crippen LogP contribution in [-0.2, 0) is 0 Å². The minimum absolute atomic E-state index is 0.0373. The van der Waals surface area contributed by atoms with Gasteiger partial charge in [0.2, 0.25) is 0 Å². The van der Waals surface area contributed by atoms with Gasteiger partial charge in [0.25, 0.3) is 0 Å². The first kappa shape index (κ1) is 23.0. The van der Waals surface area contributed by atoms with Gasteiger partial charge in [-0.05, 0) is 53.6 Å². The van der Waals surface area contributed by atoms with Crippen LogP contribution in [0, 0.1) is 12.7 Å². The number of amides is 1. The standard InChI is InChI=1S/C24H24FN7O2/c1-14(2)23-29-30-31-32(23)18-10-17(20-6-5-15(3)9-21(20)25)11-19(12-18)34-24(33)28-16(4)22-13-26-7-8-27-22/h5-14,16H,1-4H3,(H,28,33)/t16-/m0/s1. The van der Waals surface area contributed by atoms with Crippen molar-refractivity contribution in [1.29, 1.82) is 0 Å². The molecule has 0 aliphatic rings. The van der Waals surface area contributed by atoms with Crippen LogP contribution in [0.3, 0.4) is 0 Å². The fourth-order valence-electron chi connectivity index (χ4n) is 3.43. The summed E-state index contributed by atoms with van der Waals surface area (Å²) in [5.74, 6) is 0.481. The monoisotopic (exact) mass is 461 g/mol. The summed E-state index contributed by atoms with van der Waals surface area (Å²) in [4.78, 5) is 20.8. The predicted octanol–water partition coefficient (Wildman–Crippen LogP) is 4.54. The molecule has 0 unspecified atom stereocenters. The van der Waals surface area contributed by atoms with E-state index in [9.17, 15) is 9.18 Å². The summed E-state index contributed by atoms with van der Waals surface area (Å²) in [5, 5.41) is 14.7. The van der Waals surface area contributed by atoms with Crippen molar-refractivity contribution in [3.05, 3.63) is 77.9 Å². The van der Waals surface area contributed by atoms with Gasteiger partial charge in [0.15, 0.2) is 5.82 Å². The molecule has 0 aliphatic carbocycles. The summed E-state index contributed by atoms with van der Waals surface area (Å²) >= 11 is 0. The number of nitrogens with zero attached hydrogens (tertiary/aromatic N) is 6. The molecule has 174 valence electrons. The second-order valence-corrected chi connectivity index (χ2v) is 8.19. The number of hydrogen-bond acceptors (Lipinski definition) is 7. The maximum atomic E-state index is 14.8. The summed E-state index contributed by atoms with van der Waals surface area (Å²) in [6.07, 6.45) is 3.97. The summed E-state index contributed by atoms with van der Waals surface area (Å²) in [5.41, 5.74) is 2.81. The van der Waals surface area contributed by atoms with Crippen molar-refractivity contribution >= 4 is 6.09 Å². The van der Waals surface area contributed by atoms with E-state index in [4.69, 9.17) is 4.74 Å². The van der Waals surface area contributed by atoms with E-state index in [0.717, 1.165) is 5.56 Å². The number of rotatable bonds is 6. The van der Waals surface area contributed by atoms with Gasteiger partial charge in [-0.1, -0.05) is 26.0 Å². The van der Waals surface area contributed by atoms with Crippen LogP contribution in [0.4, 0.5) is 9.18 Å². The normalized spacial score (nSPS) is 11.9. The number of aromatic nitrogens is 6. The molecule has 9 nitrogen and oxygen atoms in total. The Morgan fingerprint density at radius 1 is 1.12 bits per heavy atom. The highest BCUT2D eigenvalue weighted by Crippen LogP contribution is 2.31. The van der Waals surface area contributed by atoms with Crippen molar-refractivity contribution in [1.82, 2.24) is 35.5 Å². The third-order valence-corrected chi connectivity index (χ3v) is 5.15. The second-order valence-electron chi connectivity index (χ2n) is 8.19. The molecule has 0 spiro atoms. The summed E-state index contributed by atoms with van der Waals surface area (Å²) in [7, 11) is 0. The summed E-state index contributed by atoms with van der Waals surface area (Å²) in [6.45, 7) is 7.51. The second kappa shape index (κ2) is 9.74. The van der Waals surface area contributed by atoms with Crippen molar-refractivity contribution < 1.29 is 13.9 Å². The molecule has 2 heterocycles. The fraction of sp³-hybridized carbons (Fsp3) is 0.250. The van der Waals surface area contributed by atoms with Gasteiger partial charge in [-0.25, -0.2) is 9.18 Å². The molecule has 4 rings (SSSR count). The maximum Gasteiger partial charge on any atom is 0.413 e. The van der Waals surface area contributed by atoms with Gasteiger partial charge in [0, 0.05) is 29.9 Å². The van der Waals surface area contributed by atoms with Crippen molar-refractivity contribution in [3.63, 3.8) is 0 Å². The number of ether oxygens (including phenoxy) is 1. The van der Waals surface area contributed by atoms with E-state index in [-0.39, 0.29) is 17.5 Å². The topological polar surface area (TPSA) is 108 Å². The number of hydrogen-bond donors (Lipinski definition) is 1. The Labute approximate surface area is 196 Å². The number of tetrazole rings is 1. The first-order valence-corrected chi connectivity index (χ1v) is 10.8. The van der Waals surface area contributed by atoms with E-state index in [1.54, 1.807) is 54.5 Å². The van der Waals surface area contributed by atoms with Crippen LogP contribution >= 0.6 is 0 Å². The third-order valence-electron chi connectivity index (χ3n) is 5.15. The molecule has 1 atom stereocenters. The molecule has 2 aromatic heterocycles. The maximum absolute atomic E-state index is 14.8. The first-order valence-electron chi connectivity index (χ1n) is 10.8. The van der Waals surface area contributed by atoms with E-state index in [1.807, 2.05) is 26.8 Å². The molecular formula is C24H24FN7O2. The van der Waals surface area contributed by atoms with E-state index in [0.29, 0.717) is 28.3 Å². The molecular weight excluding hydrogens is 437 g/mol. The average Bonchev–Trinajstić information content (AvgIpc) is 3.30. The van der Waals surface area contributed by atoms with Crippen molar-refractivity contribution in [3.8, 4) is 22.6 Å². The number of carbonyl (C=O) groups is 1. The van der Waals surface area contributed by atoms with Crippen LogP contribution in [0.2, 0.25) is 0 Å². The molecule has 34 heavy (non-hydrogen) atoms. The van der Waals surface area contributed by atoms with Crippen LogP contribution in [0.15, 0.2) is 55.0 Å². The van der Waals surface area contributed by atoms with E-state index in [2.05, 4.69) is 30.8 Å². The van der Waals surface area contributed by atoms with Gasteiger partial charge in [0.1, 0.15) is 11.6 Å². The number of aryl methyl sites for hydroxylation is 1. The lowest BCUT2D eigenvalue weighted by molar-refractivity contribution is 0.196. The molecule has 2 aromatic carbocycles. The Hall–Kier alpha value is -4.21. The molecule has 4 aromatic rings. The number of benzene rings is 2. The van der Waals surface area contributed by atoms with Gasteiger partial charge < -0.3 is 10.1 Å². The van der Waals surface area contributed by atoms with Crippen LogP contribution in [0.25, 0.3) is 16.8 Å². The summed E-state index contributed by atoms with van der Waals surface area (Å²) in [6, 6.07) is 9.51. The number of nitrogens with one attached hydrogen (secondary N) is 1. The molecule has 1 N–H and O–H groups in total.